The van der Waals surface area contributed by atoms with E-state index in [4.69, 9.17) is 11.6 Å². The van der Waals surface area contributed by atoms with Gasteiger partial charge < -0.3 is 9.47 Å². The highest BCUT2D eigenvalue weighted by molar-refractivity contribution is 6.30. The summed E-state index contributed by atoms with van der Waals surface area (Å²) in [6.45, 7) is 0. The van der Waals surface area contributed by atoms with Gasteiger partial charge in [0, 0.05) is 6.20 Å². The number of alkyl halides is 3. The summed E-state index contributed by atoms with van der Waals surface area (Å²) in [5.41, 5.74) is -0.189. The summed E-state index contributed by atoms with van der Waals surface area (Å²) in [7, 11) is 1.08. The van der Waals surface area contributed by atoms with Crippen molar-refractivity contribution in [2.75, 3.05) is 7.11 Å². The van der Waals surface area contributed by atoms with E-state index >= 15 is 0 Å². The van der Waals surface area contributed by atoms with Crippen molar-refractivity contribution in [2.45, 2.75) is 6.36 Å². The number of hydrogen-bond donors (Lipinski definition) is 0. The molecule has 0 atom stereocenters. The molecule has 0 spiro atoms. The maximum Gasteiger partial charge on any atom is 0.573 e. The first-order chi connectivity index (χ1) is 7.33. The zero-order valence-electron chi connectivity index (χ0n) is 7.84. The van der Waals surface area contributed by atoms with Crippen LogP contribution in [0.15, 0.2) is 12.3 Å². The summed E-state index contributed by atoms with van der Waals surface area (Å²) >= 11 is 5.36. The third-order valence-corrected chi connectivity index (χ3v) is 1.74. The van der Waals surface area contributed by atoms with Crippen LogP contribution in [0.2, 0.25) is 5.15 Å². The first-order valence-electron chi connectivity index (χ1n) is 3.83. The standard InChI is InChI=1S/C8H5ClF3NO3/c1-15-7(14)4-2-5(6(9)13-3-4)16-8(10,11)12/h2-3H,1H3. The Morgan fingerprint density at radius 1 is 1.50 bits per heavy atom. The molecule has 0 aliphatic heterocycles. The highest BCUT2D eigenvalue weighted by Gasteiger charge is 2.32. The molecule has 1 aromatic rings. The molecule has 88 valence electrons. The normalized spacial score (nSPS) is 11.1. The number of aromatic nitrogens is 1. The van der Waals surface area contributed by atoms with E-state index in [1.807, 2.05) is 0 Å². The molecule has 1 aromatic heterocycles. The molecule has 0 fully saturated rings. The van der Waals surface area contributed by atoms with Crippen LogP contribution in [0.4, 0.5) is 13.2 Å². The molecule has 1 heterocycles. The molecular weight excluding hydrogens is 251 g/mol. The van der Waals surface area contributed by atoms with Crippen LogP contribution in [0.3, 0.4) is 0 Å². The average Bonchev–Trinajstić information content (AvgIpc) is 2.18. The number of nitrogens with zero attached hydrogens (tertiary/aromatic N) is 1. The smallest absolute Gasteiger partial charge is 0.465 e. The van der Waals surface area contributed by atoms with Gasteiger partial charge in [-0.1, -0.05) is 11.6 Å². The Kier molecular flexibility index (Phi) is 3.58. The van der Waals surface area contributed by atoms with E-state index in [0.717, 1.165) is 19.4 Å². The van der Waals surface area contributed by atoms with Crippen molar-refractivity contribution < 1.29 is 27.4 Å². The van der Waals surface area contributed by atoms with Crippen LogP contribution in [0, 0.1) is 0 Å². The Bertz CT molecular complexity index is 408. The molecule has 8 heteroatoms. The molecule has 0 aliphatic carbocycles. The molecule has 0 bridgehead atoms. The quantitative estimate of drug-likeness (QED) is 0.601. The third kappa shape index (κ3) is 3.27. The first-order valence-corrected chi connectivity index (χ1v) is 4.21. The topological polar surface area (TPSA) is 48.4 Å². The van der Waals surface area contributed by atoms with E-state index in [1.165, 1.54) is 0 Å². The second kappa shape index (κ2) is 4.56. The van der Waals surface area contributed by atoms with E-state index < -0.39 is 23.2 Å². The fourth-order valence-electron chi connectivity index (χ4n) is 0.854. The van der Waals surface area contributed by atoms with Crippen LogP contribution in [0.1, 0.15) is 10.4 Å². The predicted molar refractivity (Wildman–Crippen MR) is 47.3 cm³/mol. The lowest BCUT2D eigenvalue weighted by atomic mass is 10.3. The Balaban J connectivity index is 3.04. The highest BCUT2D eigenvalue weighted by Crippen LogP contribution is 2.29. The summed E-state index contributed by atoms with van der Waals surface area (Å²) in [6, 6.07) is 0.800. The van der Waals surface area contributed by atoms with Crippen molar-refractivity contribution in [3.63, 3.8) is 0 Å². The maximum absolute atomic E-state index is 11.9. The summed E-state index contributed by atoms with van der Waals surface area (Å²) in [5, 5.41) is -0.495. The molecule has 0 radical (unpaired) electrons. The summed E-state index contributed by atoms with van der Waals surface area (Å²) in [5.74, 6) is -1.59. The van der Waals surface area contributed by atoms with Crippen molar-refractivity contribution in [3.05, 3.63) is 23.0 Å². The number of ether oxygens (including phenoxy) is 2. The molecule has 0 saturated heterocycles. The van der Waals surface area contributed by atoms with E-state index in [-0.39, 0.29) is 5.56 Å². The number of rotatable bonds is 2. The van der Waals surface area contributed by atoms with Crippen molar-refractivity contribution in [1.82, 2.24) is 4.98 Å². The fourth-order valence-corrected chi connectivity index (χ4v) is 0.996. The lowest BCUT2D eigenvalue weighted by Crippen LogP contribution is -2.18. The number of methoxy groups -OCH3 is 1. The van der Waals surface area contributed by atoms with Crippen molar-refractivity contribution in [3.8, 4) is 5.75 Å². The number of carbonyl (C=O) groups excluding carboxylic acids is 1. The molecule has 1 rings (SSSR count). The number of carbonyl (C=O) groups is 1. The van der Waals surface area contributed by atoms with Gasteiger partial charge in [0.25, 0.3) is 0 Å². The van der Waals surface area contributed by atoms with Crippen molar-refractivity contribution in [1.29, 1.82) is 0 Å². The molecule has 0 amide bonds. The van der Waals surface area contributed by atoms with Gasteiger partial charge in [-0.15, -0.1) is 13.2 Å². The number of pyridine rings is 1. The van der Waals surface area contributed by atoms with Crippen LogP contribution in [-0.4, -0.2) is 24.4 Å². The van der Waals surface area contributed by atoms with Crippen molar-refractivity contribution in [2.24, 2.45) is 0 Å². The Labute approximate surface area is 92.9 Å². The minimum absolute atomic E-state index is 0.189. The van der Waals surface area contributed by atoms with E-state index in [2.05, 4.69) is 14.5 Å². The lowest BCUT2D eigenvalue weighted by Gasteiger charge is -2.10. The van der Waals surface area contributed by atoms with E-state index in [1.54, 1.807) is 0 Å². The van der Waals surface area contributed by atoms with Gasteiger partial charge in [-0.25, -0.2) is 9.78 Å². The van der Waals surface area contributed by atoms with Crippen LogP contribution in [0.5, 0.6) is 5.75 Å². The minimum Gasteiger partial charge on any atom is -0.465 e. The number of hydrogen-bond acceptors (Lipinski definition) is 4. The Hall–Kier alpha value is -1.50. The predicted octanol–water partition coefficient (Wildman–Crippen LogP) is 2.42. The second-order valence-corrected chi connectivity index (χ2v) is 2.91. The Morgan fingerprint density at radius 3 is 2.62 bits per heavy atom. The maximum atomic E-state index is 11.9. The van der Waals surface area contributed by atoms with Gasteiger partial charge in [-0.05, 0) is 6.07 Å². The SMILES string of the molecule is COC(=O)c1cnc(Cl)c(OC(F)(F)F)c1. The zero-order valence-corrected chi connectivity index (χ0v) is 8.59. The van der Waals surface area contributed by atoms with Gasteiger partial charge in [-0.2, -0.15) is 0 Å². The fraction of sp³-hybridized carbons (Fsp3) is 0.250. The zero-order chi connectivity index (χ0) is 12.3. The monoisotopic (exact) mass is 255 g/mol. The number of esters is 1. The largest absolute Gasteiger partial charge is 0.573 e. The summed E-state index contributed by atoms with van der Waals surface area (Å²) in [4.78, 5) is 14.4. The molecule has 0 aliphatic rings. The van der Waals surface area contributed by atoms with Gasteiger partial charge in [0.2, 0.25) is 0 Å². The van der Waals surface area contributed by atoms with Crippen LogP contribution >= 0.6 is 11.6 Å². The molecule has 0 saturated carbocycles. The minimum atomic E-state index is -4.90. The summed E-state index contributed by atoms with van der Waals surface area (Å²) < 4.78 is 43.6. The van der Waals surface area contributed by atoms with Gasteiger partial charge >= 0.3 is 12.3 Å². The average molecular weight is 256 g/mol. The van der Waals surface area contributed by atoms with Gasteiger partial charge in [0.05, 0.1) is 12.7 Å². The summed E-state index contributed by atoms with van der Waals surface area (Å²) in [6.07, 6.45) is -3.92. The van der Waals surface area contributed by atoms with Gasteiger partial charge in [0.1, 0.15) is 0 Å². The number of halogens is 4. The van der Waals surface area contributed by atoms with Crippen LogP contribution < -0.4 is 4.74 Å². The molecule has 0 aromatic carbocycles. The molecule has 16 heavy (non-hydrogen) atoms. The van der Waals surface area contributed by atoms with Crippen LogP contribution in [0.25, 0.3) is 0 Å². The van der Waals surface area contributed by atoms with Gasteiger partial charge in [-0.3, -0.25) is 0 Å². The third-order valence-electron chi connectivity index (χ3n) is 1.45. The van der Waals surface area contributed by atoms with Gasteiger partial charge in [0.15, 0.2) is 10.9 Å². The van der Waals surface area contributed by atoms with Crippen LogP contribution in [-0.2, 0) is 4.74 Å². The van der Waals surface area contributed by atoms with E-state index in [9.17, 15) is 18.0 Å². The highest BCUT2D eigenvalue weighted by atomic mass is 35.5. The lowest BCUT2D eigenvalue weighted by molar-refractivity contribution is -0.274. The molecule has 0 unspecified atom stereocenters. The molecule has 0 N–H and O–H groups in total. The van der Waals surface area contributed by atoms with E-state index in [0.29, 0.717) is 0 Å². The first kappa shape index (κ1) is 12.6. The Morgan fingerprint density at radius 2 is 2.12 bits per heavy atom. The molecular formula is C8H5ClF3NO3. The molecule has 4 nitrogen and oxygen atoms in total. The second-order valence-electron chi connectivity index (χ2n) is 2.55. The van der Waals surface area contributed by atoms with Crippen molar-refractivity contribution >= 4 is 17.6 Å².